The van der Waals surface area contributed by atoms with Gasteiger partial charge in [-0.25, -0.2) is 9.59 Å². The summed E-state index contributed by atoms with van der Waals surface area (Å²) < 4.78 is 21.3. The van der Waals surface area contributed by atoms with Crippen LogP contribution in [0.1, 0.15) is 23.6 Å². The maximum atomic E-state index is 12.0. The van der Waals surface area contributed by atoms with Gasteiger partial charge in [-0.15, -0.1) is 0 Å². The van der Waals surface area contributed by atoms with Gasteiger partial charge < -0.3 is 18.6 Å². The Morgan fingerprint density at radius 2 is 1.61 bits per heavy atom. The van der Waals surface area contributed by atoms with Gasteiger partial charge in [0.1, 0.15) is 23.7 Å². The standard InChI is InChI=1S/C22H22O6/c1-4-25-17-5-7-18(8-6-17)26-13-22(24)27-12-16-11-21(23)28-20-10-15(3)14(2)9-19(16)20/h5-11H,4,12-13H2,1-3H3. The average molecular weight is 382 g/mol. The van der Waals surface area contributed by atoms with Gasteiger partial charge in [-0.2, -0.15) is 0 Å². The van der Waals surface area contributed by atoms with E-state index in [4.69, 9.17) is 18.6 Å². The SMILES string of the molecule is CCOc1ccc(OCC(=O)OCc2cc(=O)oc3cc(C)c(C)cc23)cc1. The van der Waals surface area contributed by atoms with Gasteiger partial charge in [-0.1, -0.05) is 0 Å². The van der Waals surface area contributed by atoms with Crippen LogP contribution in [0.15, 0.2) is 51.7 Å². The number of esters is 1. The lowest BCUT2D eigenvalue weighted by Crippen LogP contribution is -2.15. The summed E-state index contributed by atoms with van der Waals surface area (Å²) in [5.41, 5.74) is 2.69. The minimum atomic E-state index is -0.529. The number of benzene rings is 2. The fraction of sp³-hybridized carbons (Fsp3) is 0.273. The van der Waals surface area contributed by atoms with Crippen LogP contribution in [0.25, 0.3) is 11.0 Å². The quantitative estimate of drug-likeness (QED) is 0.455. The number of rotatable bonds is 7. The molecule has 2 aromatic carbocycles. The van der Waals surface area contributed by atoms with Crippen LogP contribution >= 0.6 is 0 Å². The highest BCUT2D eigenvalue weighted by molar-refractivity contribution is 5.82. The molecule has 0 saturated carbocycles. The molecule has 0 spiro atoms. The maximum Gasteiger partial charge on any atom is 0.344 e. The van der Waals surface area contributed by atoms with Crippen LogP contribution in [0.5, 0.6) is 11.5 Å². The molecule has 0 aliphatic rings. The molecule has 0 unspecified atom stereocenters. The number of hydrogen-bond donors (Lipinski definition) is 0. The zero-order valence-corrected chi connectivity index (χ0v) is 16.1. The van der Waals surface area contributed by atoms with Gasteiger partial charge in [0, 0.05) is 17.0 Å². The molecule has 1 heterocycles. The molecule has 0 saturated heterocycles. The van der Waals surface area contributed by atoms with Gasteiger partial charge >= 0.3 is 11.6 Å². The summed E-state index contributed by atoms with van der Waals surface area (Å²) >= 11 is 0. The van der Waals surface area contributed by atoms with Crippen molar-refractivity contribution in [2.45, 2.75) is 27.4 Å². The predicted molar refractivity (Wildman–Crippen MR) is 105 cm³/mol. The van der Waals surface area contributed by atoms with Crippen molar-refractivity contribution in [3.05, 3.63) is 69.6 Å². The van der Waals surface area contributed by atoms with Crippen LogP contribution in [0.2, 0.25) is 0 Å². The largest absolute Gasteiger partial charge is 0.494 e. The van der Waals surface area contributed by atoms with Crippen LogP contribution in [-0.2, 0) is 16.1 Å². The molecule has 28 heavy (non-hydrogen) atoms. The zero-order valence-electron chi connectivity index (χ0n) is 16.1. The first-order valence-corrected chi connectivity index (χ1v) is 9.01. The first-order chi connectivity index (χ1) is 13.5. The molecule has 146 valence electrons. The fourth-order valence-electron chi connectivity index (χ4n) is 2.74. The van der Waals surface area contributed by atoms with E-state index in [-0.39, 0.29) is 13.2 Å². The van der Waals surface area contributed by atoms with E-state index < -0.39 is 11.6 Å². The molecule has 0 aliphatic carbocycles. The number of fused-ring (bicyclic) bond motifs is 1. The molecular weight excluding hydrogens is 360 g/mol. The van der Waals surface area contributed by atoms with E-state index in [0.717, 1.165) is 22.3 Å². The second kappa shape index (κ2) is 8.61. The smallest absolute Gasteiger partial charge is 0.344 e. The minimum absolute atomic E-state index is 0.0317. The van der Waals surface area contributed by atoms with Gasteiger partial charge in [0.15, 0.2) is 6.61 Å². The first-order valence-electron chi connectivity index (χ1n) is 9.01. The van der Waals surface area contributed by atoms with E-state index in [1.807, 2.05) is 32.9 Å². The van der Waals surface area contributed by atoms with Crippen molar-refractivity contribution >= 4 is 16.9 Å². The highest BCUT2D eigenvalue weighted by Crippen LogP contribution is 2.22. The predicted octanol–water partition coefficient (Wildman–Crippen LogP) is 3.93. The Balaban J connectivity index is 1.63. The lowest BCUT2D eigenvalue weighted by Gasteiger charge is -2.10. The molecule has 6 nitrogen and oxygen atoms in total. The topological polar surface area (TPSA) is 75.0 Å². The van der Waals surface area contributed by atoms with Crippen LogP contribution < -0.4 is 15.1 Å². The maximum absolute atomic E-state index is 12.0. The third-order valence-corrected chi connectivity index (χ3v) is 4.32. The van der Waals surface area contributed by atoms with Crippen LogP contribution in [-0.4, -0.2) is 19.2 Å². The highest BCUT2D eigenvalue weighted by Gasteiger charge is 2.11. The molecule has 3 aromatic rings. The molecule has 0 amide bonds. The van der Waals surface area contributed by atoms with Crippen LogP contribution in [0.3, 0.4) is 0 Å². The highest BCUT2D eigenvalue weighted by atomic mass is 16.6. The lowest BCUT2D eigenvalue weighted by molar-refractivity contribution is -0.147. The van der Waals surface area contributed by atoms with Crippen molar-refractivity contribution in [2.75, 3.05) is 13.2 Å². The second-order valence-corrected chi connectivity index (χ2v) is 6.38. The lowest BCUT2D eigenvalue weighted by atomic mass is 10.0. The van der Waals surface area contributed by atoms with Crippen molar-refractivity contribution in [2.24, 2.45) is 0 Å². The Bertz CT molecular complexity index is 1030. The fourth-order valence-corrected chi connectivity index (χ4v) is 2.74. The van der Waals surface area contributed by atoms with E-state index in [0.29, 0.717) is 23.5 Å². The third-order valence-electron chi connectivity index (χ3n) is 4.32. The number of hydrogen-bond acceptors (Lipinski definition) is 6. The van der Waals surface area contributed by atoms with E-state index in [1.54, 1.807) is 24.3 Å². The Kier molecular flexibility index (Phi) is 5.99. The summed E-state index contributed by atoms with van der Waals surface area (Å²) in [6.45, 7) is 6.14. The molecule has 0 aliphatic heterocycles. The van der Waals surface area contributed by atoms with E-state index in [2.05, 4.69) is 0 Å². The van der Waals surface area contributed by atoms with E-state index in [1.165, 1.54) is 6.07 Å². The Labute approximate surface area is 162 Å². The third kappa shape index (κ3) is 4.71. The first kappa shape index (κ1) is 19.5. The molecule has 6 heteroatoms. The minimum Gasteiger partial charge on any atom is -0.494 e. The van der Waals surface area contributed by atoms with Gasteiger partial charge in [0.25, 0.3) is 0 Å². The van der Waals surface area contributed by atoms with Gasteiger partial charge in [-0.05, 0) is 68.3 Å². The molecule has 0 atom stereocenters. The van der Waals surface area contributed by atoms with Crippen LogP contribution in [0.4, 0.5) is 0 Å². The van der Waals surface area contributed by atoms with Crippen molar-refractivity contribution in [3.63, 3.8) is 0 Å². The summed E-state index contributed by atoms with van der Waals surface area (Å²) in [6, 6.07) is 12.1. The van der Waals surface area contributed by atoms with Crippen molar-refractivity contribution in [3.8, 4) is 11.5 Å². The Hall–Kier alpha value is -3.28. The summed E-state index contributed by atoms with van der Waals surface area (Å²) in [5.74, 6) is 0.745. The molecule has 0 N–H and O–H groups in total. The molecular formula is C22H22O6. The van der Waals surface area contributed by atoms with Gasteiger partial charge in [-0.3, -0.25) is 0 Å². The molecule has 0 radical (unpaired) electrons. The average Bonchev–Trinajstić information content (AvgIpc) is 2.67. The normalized spacial score (nSPS) is 10.7. The Morgan fingerprint density at radius 1 is 0.964 bits per heavy atom. The van der Waals surface area contributed by atoms with Crippen molar-refractivity contribution in [1.29, 1.82) is 0 Å². The summed E-state index contributed by atoms with van der Waals surface area (Å²) in [7, 11) is 0. The number of aryl methyl sites for hydroxylation is 2. The van der Waals surface area contributed by atoms with Crippen molar-refractivity contribution in [1.82, 2.24) is 0 Å². The summed E-state index contributed by atoms with van der Waals surface area (Å²) in [4.78, 5) is 23.8. The Morgan fingerprint density at radius 3 is 2.29 bits per heavy atom. The molecule has 0 fully saturated rings. The number of carbonyl (C=O) groups excluding carboxylic acids is 1. The van der Waals surface area contributed by atoms with Crippen molar-refractivity contribution < 1.29 is 23.4 Å². The van der Waals surface area contributed by atoms with E-state index >= 15 is 0 Å². The molecule has 1 aromatic heterocycles. The van der Waals surface area contributed by atoms with E-state index in [9.17, 15) is 9.59 Å². The number of ether oxygens (including phenoxy) is 3. The summed E-state index contributed by atoms with van der Waals surface area (Å²) in [5, 5.41) is 0.753. The van der Waals surface area contributed by atoms with Gasteiger partial charge in [0.05, 0.1) is 6.61 Å². The summed E-state index contributed by atoms with van der Waals surface area (Å²) in [6.07, 6.45) is 0. The monoisotopic (exact) mass is 382 g/mol. The van der Waals surface area contributed by atoms with Gasteiger partial charge in [0.2, 0.25) is 0 Å². The van der Waals surface area contributed by atoms with Crippen LogP contribution in [0, 0.1) is 13.8 Å². The molecule has 3 rings (SSSR count). The molecule has 0 bridgehead atoms. The number of carbonyl (C=O) groups is 1. The second-order valence-electron chi connectivity index (χ2n) is 6.38. The zero-order chi connectivity index (χ0) is 20.1.